The molecule has 46 heavy (non-hydrogen) atoms. The van der Waals surface area contributed by atoms with Crippen molar-refractivity contribution in [3.05, 3.63) is 127 Å². The van der Waals surface area contributed by atoms with Gasteiger partial charge < -0.3 is 9.16 Å². The van der Waals surface area contributed by atoms with Crippen LogP contribution in [0.1, 0.15) is 33.3 Å². The van der Waals surface area contributed by atoms with Crippen molar-refractivity contribution in [3.8, 4) is 17.2 Å². The summed E-state index contributed by atoms with van der Waals surface area (Å²) < 4.78 is 13.2. The molecular formula is C40H45NO3Si2. The van der Waals surface area contributed by atoms with Gasteiger partial charge in [-0.2, -0.15) is 0 Å². The van der Waals surface area contributed by atoms with E-state index < -0.39 is 28.5 Å². The summed E-state index contributed by atoms with van der Waals surface area (Å²) in [6.45, 7) is 16.3. The van der Waals surface area contributed by atoms with Crippen LogP contribution in [0, 0.1) is 17.4 Å². The minimum absolute atomic E-state index is 0.0336. The van der Waals surface area contributed by atoms with Crippen LogP contribution in [-0.2, 0) is 4.43 Å². The molecular weight excluding hydrogens is 599 g/mol. The number of hydrogen-bond acceptors (Lipinski definition) is 3. The van der Waals surface area contributed by atoms with E-state index >= 15 is 0 Å². The van der Waals surface area contributed by atoms with E-state index in [9.17, 15) is 4.79 Å². The topological polar surface area (TPSA) is 38.8 Å². The van der Waals surface area contributed by atoms with Crippen molar-refractivity contribution in [1.29, 1.82) is 0 Å². The first-order chi connectivity index (χ1) is 21.9. The number of rotatable bonds is 7. The highest BCUT2D eigenvalue weighted by Gasteiger charge is 2.50. The summed E-state index contributed by atoms with van der Waals surface area (Å²) in [6, 6.07) is 38.3. The lowest BCUT2D eigenvalue weighted by Gasteiger charge is -2.44. The summed E-state index contributed by atoms with van der Waals surface area (Å²) in [6.07, 6.45) is 1.71. The predicted octanol–water partition coefficient (Wildman–Crippen LogP) is 8.55. The molecule has 1 heterocycles. The molecule has 1 aliphatic rings. The minimum atomic E-state index is -2.73. The van der Waals surface area contributed by atoms with Gasteiger partial charge in [-0.15, -0.1) is 5.54 Å². The number of fused-ring (bicyclic) bond motifs is 1. The number of anilines is 1. The number of nitrogens with zero attached hydrogens (tertiary/aromatic N) is 1. The molecule has 0 aromatic heterocycles. The molecule has 0 fully saturated rings. The number of ether oxygens (including phenoxy) is 1. The van der Waals surface area contributed by atoms with Crippen LogP contribution in [0.25, 0.3) is 5.57 Å². The van der Waals surface area contributed by atoms with E-state index in [-0.39, 0.29) is 11.0 Å². The largest absolute Gasteiger partial charge is 0.421 e. The lowest BCUT2D eigenvalue weighted by molar-refractivity contribution is 0.207. The van der Waals surface area contributed by atoms with Gasteiger partial charge in [0.1, 0.15) is 19.9 Å². The second kappa shape index (κ2) is 13.7. The zero-order chi connectivity index (χ0) is 33.0. The maximum atomic E-state index is 13.8. The number of benzene rings is 4. The molecule has 0 unspecified atom stereocenters. The van der Waals surface area contributed by atoms with Crippen molar-refractivity contribution in [2.24, 2.45) is 5.92 Å². The van der Waals surface area contributed by atoms with Crippen LogP contribution in [-0.4, -0.2) is 35.1 Å². The Balaban J connectivity index is 1.56. The lowest BCUT2D eigenvalue weighted by Crippen LogP contribution is -2.66. The van der Waals surface area contributed by atoms with E-state index in [0.29, 0.717) is 12.4 Å². The number of amides is 1. The average Bonchev–Trinajstić information content (AvgIpc) is 3.04. The zero-order valence-electron chi connectivity index (χ0n) is 28.1. The standard InChI is InChI=1S/C40H45NO3Si2/c1-31(30-43-46(40(2,3)4,34-21-13-9-14-22-34)35-23-15-10-16-24-35)37-29-32(27-28-45(5,6)7)41(38-26-18-17-25-36(37)38)39(42)44-33-19-11-8-12-20-33/h8-26,29,31-32H,30H2,1-7H3/t31-,32+/m0/s1. The van der Waals surface area contributed by atoms with Gasteiger partial charge in [-0.3, -0.25) is 4.90 Å². The van der Waals surface area contributed by atoms with Crippen LogP contribution in [0.5, 0.6) is 5.75 Å². The van der Waals surface area contributed by atoms with Gasteiger partial charge in [-0.25, -0.2) is 4.79 Å². The Labute approximate surface area is 277 Å². The van der Waals surface area contributed by atoms with Crippen molar-refractivity contribution in [2.45, 2.75) is 58.4 Å². The third-order valence-electron chi connectivity index (χ3n) is 8.33. The Morgan fingerprint density at radius 1 is 0.804 bits per heavy atom. The molecule has 0 aliphatic carbocycles. The van der Waals surface area contributed by atoms with Crippen molar-refractivity contribution in [1.82, 2.24) is 0 Å². The van der Waals surface area contributed by atoms with E-state index in [0.717, 1.165) is 16.8 Å². The van der Waals surface area contributed by atoms with Gasteiger partial charge >= 0.3 is 6.09 Å². The zero-order valence-corrected chi connectivity index (χ0v) is 30.1. The quantitative estimate of drug-likeness (QED) is 0.150. The lowest BCUT2D eigenvalue weighted by atomic mass is 9.88. The molecule has 6 heteroatoms. The van der Waals surface area contributed by atoms with Crippen LogP contribution in [0.15, 0.2) is 121 Å². The van der Waals surface area contributed by atoms with Crippen LogP contribution in [0.2, 0.25) is 24.7 Å². The third kappa shape index (κ3) is 7.13. The molecule has 0 spiro atoms. The predicted molar refractivity (Wildman–Crippen MR) is 197 cm³/mol. The minimum Gasteiger partial charge on any atom is -0.410 e. The number of para-hydroxylation sites is 2. The molecule has 2 atom stereocenters. The molecule has 4 aromatic carbocycles. The maximum Gasteiger partial charge on any atom is 0.421 e. The van der Waals surface area contributed by atoms with Gasteiger partial charge in [0.25, 0.3) is 8.32 Å². The molecule has 0 saturated carbocycles. The summed E-state index contributed by atoms with van der Waals surface area (Å²) in [4.78, 5) is 15.5. The summed E-state index contributed by atoms with van der Waals surface area (Å²) in [5.74, 6) is 4.02. The Morgan fingerprint density at radius 2 is 1.33 bits per heavy atom. The van der Waals surface area contributed by atoms with Gasteiger partial charge in [-0.1, -0.05) is 150 Å². The smallest absolute Gasteiger partial charge is 0.410 e. The SMILES string of the molecule is C[C@@H](CO[Si](c1ccccc1)(c1ccccc1)C(C)(C)C)C1=C[C@@H](C#C[Si](C)(C)C)N(C(=O)Oc2ccccc2)c2ccccc21. The maximum absolute atomic E-state index is 13.8. The fraction of sp³-hybridized carbons (Fsp3) is 0.275. The number of carbonyl (C=O) groups excluding carboxylic acids is 1. The average molecular weight is 644 g/mol. The molecule has 0 bridgehead atoms. The number of carbonyl (C=O) groups is 1. The molecule has 0 saturated heterocycles. The molecule has 236 valence electrons. The number of hydrogen-bond donors (Lipinski definition) is 0. The van der Waals surface area contributed by atoms with E-state index in [1.165, 1.54) is 10.4 Å². The fourth-order valence-corrected chi connectivity index (χ4v) is 11.4. The van der Waals surface area contributed by atoms with E-state index in [1.807, 2.05) is 36.4 Å². The summed E-state index contributed by atoms with van der Waals surface area (Å²) in [5, 5.41) is 2.39. The highest BCUT2D eigenvalue weighted by atomic mass is 28.4. The molecule has 4 nitrogen and oxygen atoms in total. The van der Waals surface area contributed by atoms with Crippen molar-refractivity contribution < 1.29 is 14.0 Å². The van der Waals surface area contributed by atoms with Gasteiger partial charge in [0.2, 0.25) is 0 Å². The normalized spacial score (nSPS) is 15.6. The molecule has 5 rings (SSSR count). The highest BCUT2D eigenvalue weighted by Crippen LogP contribution is 2.41. The molecule has 0 radical (unpaired) electrons. The van der Waals surface area contributed by atoms with Crippen molar-refractivity contribution in [3.63, 3.8) is 0 Å². The van der Waals surface area contributed by atoms with Crippen molar-refractivity contribution in [2.75, 3.05) is 11.5 Å². The van der Waals surface area contributed by atoms with Crippen LogP contribution in [0.3, 0.4) is 0 Å². The van der Waals surface area contributed by atoms with Gasteiger partial charge in [0.05, 0.1) is 5.69 Å². The summed E-state index contributed by atoms with van der Waals surface area (Å²) >= 11 is 0. The van der Waals surface area contributed by atoms with Gasteiger partial charge in [-0.05, 0) is 45.3 Å². The Hall–Kier alpha value is -4.16. The summed E-state index contributed by atoms with van der Waals surface area (Å²) in [5.41, 5.74) is 6.45. The first kappa shape index (κ1) is 33.2. The van der Waals surface area contributed by atoms with Gasteiger partial charge in [0, 0.05) is 18.1 Å². The second-order valence-corrected chi connectivity index (χ2v) is 23.1. The Kier molecular flexibility index (Phi) is 9.88. The molecule has 0 N–H and O–H groups in total. The summed E-state index contributed by atoms with van der Waals surface area (Å²) in [7, 11) is -4.48. The Bertz CT molecular complexity index is 1690. The van der Waals surface area contributed by atoms with Crippen LogP contribution >= 0.6 is 0 Å². The molecule has 4 aromatic rings. The first-order valence-electron chi connectivity index (χ1n) is 16.1. The van der Waals surface area contributed by atoms with Gasteiger partial charge in [0.15, 0.2) is 0 Å². The third-order valence-corrected chi connectivity index (χ3v) is 14.2. The highest BCUT2D eigenvalue weighted by molar-refractivity contribution is 6.99. The molecule has 1 amide bonds. The molecule has 1 aliphatic heterocycles. The van der Waals surface area contributed by atoms with Crippen LogP contribution < -0.4 is 20.0 Å². The fourth-order valence-electron chi connectivity index (χ4n) is 6.19. The van der Waals surface area contributed by atoms with Crippen molar-refractivity contribution >= 4 is 44.1 Å². The Morgan fingerprint density at radius 3 is 1.87 bits per heavy atom. The van der Waals surface area contributed by atoms with Crippen LogP contribution in [0.4, 0.5) is 10.5 Å². The van der Waals surface area contributed by atoms with E-state index in [2.05, 4.69) is 132 Å². The first-order valence-corrected chi connectivity index (χ1v) is 21.5. The van der Waals surface area contributed by atoms with E-state index in [1.54, 1.807) is 17.0 Å². The second-order valence-electron chi connectivity index (χ2n) is 14.0. The monoisotopic (exact) mass is 643 g/mol. The van der Waals surface area contributed by atoms with E-state index in [4.69, 9.17) is 9.16 Å².